The first-order valence-corrected chi connectivity index (χ1v) is 7.18. The Morgan fingerprint density at radius 2 is 2.05 bits per heavy atom. The molecule has 1 unspecified atom stereocenters. The average molecular weight is 339 g/mol. The number of ether oxygens (including phenoxy) is 2. The Hall–Kier alpha value is -0.520. The number of benzene rings is 1. The fourth-order valence-corrected chi connectivity index (χ4v) is 2.03. The summed E-state index contributed by atoms with van der Waals surface area (Å²) in [6.45, 7) is 0.741. The number of aliphatic hydroxyl groups is 1. The van der Waals surface area contributed by atoms with Crippen LogP contribution in [0.25, 0.3) is 0 Å². The van der Waals surface area contributed by atoms with Crippen molar-refractivity contribution in [3.63, 3.8) is 0 Å². The molecule has 0 aromatic heterocycles. The molecule has 0 saturated heterocycles. The Bertz CT molecular complexity index is 462. The Labute approximate surface area is 132 Å². The number of hydrogen-bond acceptors (Lipinski definition) is 4. The quantitative estimate of drug-likeness (QED) is 0.840. The highest BCUT2D eigenvalue weighted by molar-refractivity contribution is 6.76. The van der Waals surface area contributed by atoms with Crippen LogP contribution in [0.4, 0.5) is 0 Å². The molecule has 2 rings (SSSR count). The van der Waals surface area contributed by atoms with Gasteiger partial charge in [0.25, 0.3) is 3.79 Å². The second kappa shape index (κ2) is 6.96. The maximum atomic E-state index is 9.97. The van der Waals surface area contributed by atoms with Crippen molar-refractivity contribution >= 4 is 40.7 Å². The normalized spacial score (nSPS) is 20.4. The highest BCUT2D eigenvalue weighted by atomic mass is 35.6. The van der Waals surface area contributed by atoms with Gasteiger partial charge in [0.15, 0.2) is 0 Å². The SMILES string of the molecule is O[C@@H](COCc1ccccc1)C1COC(C(Cl)(Cl)Cl)=N1. The Kier molecular flexibility index (Phi) is 5.52. The molecule has 0 radical (unpaired) electrons. The highest BCUT2D eigenvalue weighted by Crippen LogP contribution is 2.31. The van der Waals surface area contributed by atoms with Crippen LogP contribution in [-0.4, -0.2) is 40.2 Å². The van der Waals surface area contributed by atoms with Crippen LogP contribution in [0.5, 0.6) is 0 Å². The van der Waals surface area contributed by atoms with Crippen molar-refractivity contribution in [1.82, 2.24) is 0 Å². The summed E-state index contributed by atoms with van der Waals surface area (Å²) in [5.41, 5.74) is 1.04. The van der Waals surface area contributed by atoms with Crippen molar-refractivity contribution in [2.24, 2.45) is 4.99 Å². The summed E-state index contributed by atoms with van der Waals surface area (Å²) in [5.74, 6) is 0.00890. The molecule has 1 aliphatic rings. The van der Waals surface area contributed by atoms with Crippen LogP contribution in [0, 0.1) is 0 Å². The van der Waals surface area contributed by atoms with Gasteiger partial charge in [0.05, 0.1) is 13.2 Å². The minimum atomic E-state index is -1.70. The predicted molar refractivity (Wildman–Crippen MR) is 79.6 cm³/mol. The molecule has 4 nitrogen and oxygen atoms in total. The van der Waals surface area contributed by atoms with Gasteiger partial charge in [-0.15, -0.1) is 0 Å². The number of halogens is 3. The van der Waals surface area contributed by atoms with Gasteiger partial charge in [-0.2, -0.15) is 0 Å². The smallest absolute Gasteiger partial charge is 0.266 e. The van der Waals surface area contributed by atoms with Crippen molar-refractivity contribution in [1.29, 1.82) is 0 Å². The minimum absolute atomic E-state index is 0.00890. The zero-order valence-corrected chi connectivity index (χ0v) is 12.8. The summed E-state index contributed by atoms with van der Waals surface area (Å²) < 4.78 is 8.90. The third-order valence-electron chi connectivity index (χ3n) is 2.76. The van der Waals surface area contributed by atoms with Gasteiger partial charge < -0.3 is 14.6 Å². The van der Waals surface area contributed by atoms with Crippen molar-refractivity contribution in [3.05, 3.63) is 35.9 Å². The predicted octanol–water partition coefficient (Wildman–Crippen LogP) is 2.73. The largest absolute Gasteiger partial charge is 0.476 e. The Morgan fingerprint density at radius 1 is 1.35 bits per heavy atom. The molecule has 2 atom stereocenters. The number of nitrogens with zero attached hydrogens (tertiary/aromatic N) is 1. The van der Waals surface area contributed by atoms with E-state index in [-0.39, 0.29) is 19.1 Å². The first-order chi connectivity index (χ1) is 9.47. The molecule has 0 bridgehead atoms. The number of aliphatic imine (C=N–C) groups is 1. The second-order valence-corrected chi connectivity index (χ2v) is 6.66. The standard InChI is InChI=1S/C13H14Cl3NO3/c14-13(15,16)12-17-10(7-20-12)11(18)8-19-6-9-4-2-1-3-5-9/h1-5,10-11,18H,6-8H2/t10?,11-/m0/s1. The second-order valence-electron chi connectivity index (χ2n) is 4.38. The molecule has 0 aliphatic carbocycles. The number of aliphatic hydroxyl groups excluding tert-OH is 1. The van der Waals surface area contributed by atoms with E-state index < -0.39 is 15.9 Å². The molecule has 1 aliphatic heterocycles. The van der Waals surface area contributed by atoms with Gasteiger partial charge in [-0.25, -0.2) is 4.99 Å². The summed E-state index contributed by atoms with van der Waals surface area (Å²) in [7, 11) is 0. The van der Waals surface area contributed by atoms with Gasteiger partial charge in [0.2, 0.25) is 5.90 Å². The molecule has 0 amide bonds. The van der Waals surface area contributed by atoms with Gasteiger partial charge in [-0.3, -0.25) is 0 Å². The first kappa shape index (κ1) is 15.9. The molecule has 1 aromatic rings. The average Bonchev–Trinajstić information content (AvgIpc) is 2.89. The third kappa shape index (κ3) is 4.50. The van der Waals surface area contributed by atoms with E-state index >= 15 is 0 Å². The van der Waals surface area contributed by atoms with E-state index in [4.69, 9.17) is 44.3 Å². The summed E-state index contributed by atoms with van der Waals surface area (Å²) in [5, 5.41) is 9.97. The van der Waals surface area contributed by atoms with Gasteiger partial charge in [0, 0.05) is 0 Å². The van der Waals surface area contributed by atoms with Crippen LogP contribution >= 0.6 is 34.8 Å². The van der Waals surface area contributed by atoms with Gasteiger partial charge in [-0.05, 0) is 5.56 Å². The van der Waals surface area contributed by atoms with Gasteiger partial charge in [-0.1, -0.05) is 65.1 Å². The summed E-state index contributed by atoms with van der Waals surface area (Å²) in [4.78, 5) is 4.05. The molecule has 1 N–H and O–H groups in total. The van der Waals surface area contributed by atoms with E-state index in [0.717, 1.165) is 5.56 Å². The molecular formula is C13H14Cl3NO3. The maximum Gasteiger partial charge on any atom is 0.266 e. The van der Waals surface area contributed by atoms with E-state index in [9.17, 15) is 5.11 Å². The molecule has 0 fully saturated rings. The number of alkyl halides is 3. The van der Waals surface area contributed by atoms with Crippen LogP contribution in [-0.2, 0) is 16.1 Å². The fourth-order valence-electron chi connectivity index (χ4n) is 1.72. The molecule has 7 heteroatoms. The maximum absolute atomic E-state index is 9.97. The third-order valence-corrected chi connectivity index (χ3v) is 3.25. The van der Waals surface area contributed by atoms with Crippen LogP contribution in [0.2, 0.25) is 0 Å². The van der Waals surface area contributed by atoms with E-state index in [0.29, 0.717) is 6.61 Å². The van der Waals surface area contributed by atoms with Crippen LogP contribution in [0.15, 0.2) is 35.3 Å². The zero-order chi connectivity index (χ0) is 14.6. The minimum Gasteiger partial charge on any atom is -0.476 e. The molecule has 20 heavy (non-hydrogen) atoms. The highest BCUT2D eigenvalue weighted by Gasteiger charge is 2.37. The van der Waals surface area contributed by atoms with E-state index in [1.807, 2.05) is 30.3 Å². The lowest BCUT2D eigenvalue weighted by Crippen LogP contribution is -2.30. The summed E-state index contributed by atoms with van der Waals surface area (Å²) in [6, 6.07) is 9.21. The molecule has 0 spiro atoms. The van der Waals surface area contributed by atoms with Crippen molar-refractivity contribution in [2.75, 3.05) is 13.2 Å². The van der Waals surface area contributed by atoms with Gasteiger partial charge >= 0.3 is 0 Å². The van der Waals surface area contributed by atoms with Crippen molar-refractivity contribution in [3.8, 4) is 0 Å². The first-order valence-electron chi connectivity index (χ1n) is 6.04. The molecule has 110 valence electrons. The van der Waals surface area contributed by atoms with E-state index in [1.165, 1.54) is 0 Å². The van der Waals surface area contributed by atoms with Crippen LogP contribution in [0.3, 0.4) is 0 Å². The van der Waals surface area contributed by atoms with Gasteiger partial charge in [0.1, 0.15) is 18.8 Å². The van der Waals surface area contributed by atoms with Crippen molar-refractivity contribution < 1.29 is 14.6 Å². The van der Waals surface area contributed by atoms with Crippen LogP contribution < -0.4 is 0 Å². The lowest BCUT2D eigenvalue weighted by Gasteiger charge is -2.14. The summed E-state index contributed by atoms with van der Waals surface area (Å²) >= 11 is 17.0. The zero-order valence-electron chi connectivity index (χ0n) is 10.5. The van der Waals surface area contributed by atoms with E-state index in [1.54, 1.807) is 0 Å². The summed E-state index contributed by atoms with van der Waals surface area (Å²) in [6.07, 6.45) is -0.802. The lowest BCUT2D eigenvalue weighted by atomic mass is 10.2. The molecule has 1 heterocycles. The van der Waals surface area contributed by atoms with Crippen molar-refractivity contribution in [2.45, 2.75) is 22.5 Å². The van der Waals surface area contributed by atoms with Crippen LogP contribution in [0.1, 0.15) is 5.56 Å². The number of hydrogen-bond donors (Lipinski definition) is 1. The fraction of sp³-hybridized carbons (Fsp3) is 0.462. The molecule has 1 aromatic carbocycles. The monoisotopic (exact) mass is 337 g/mol. The lowest BCUT2D eigenvalue weighted by molar-refractivity contribution is 0.0125. The van der Waals surface area contributed by atoms with E-state index in [2.05, 4.69) is 4.99 Å². The number of rotatable bonds is 5. The topological polar surface area (TPSA) is 51.0 Å². The Balaban J connectivity index is 1.79. The molecule has 0 saturated carbocycles. The Morgan fingerprint density at radius 3 is 2.65 bits per heavy atom. The molecular weight excluding hydrogens is 325 g/mol.